The molecule has 0 fully saturated rings. The number of aromatic amines is 1. The van der Waals surface area contributed by atoms with Gasteiger partial charge in [-0.1, -0.05) is 24.3 Å². The second-order valence-electron chi connectivity index (χ2n) is 6.34. The van der Waals surface area contributed by atoms with Crippen molar-refractivity contribution in [2.24, 2.45) is 0 Å². The number of aromatic carboxylic acids is 1. The van der Waals surface area contributed by atoms with Crippen LogP contribution in [0, 0.1) is 0 Å². The van der Waals surface area contributed by atoms with Gasteiger partial charge in [-0.25, -0.2) is 14.5 Å². The van der Waals surface area contributed by atoms with Crippen LogP contribution in [0.25, 0.3) is 33.4 Å². The monoisotopic (exact) mass is 347 g/mol. The van der Waals surface area contributed by atoms with E-state index in [4.69, 9.17) is 0 Å². The Hall–Kier alpha value is -3.48. The molecule has 1 aromatic carbocycles. The van der Waals surface area contributed by atoms with Gasteiger partial charge < -0.3 is 5.11 Å². The lowest BCUT2D eigenvalue weighted by Gasteiger charge is -2.09. The molecule has 0 spiro atoms. The first-order valence-corrected chi connectivity index (χ1v) is 8.25. The molecule has 0 radical (unpaired) electrons. The third kappa shape index (κ3) is 2.63. The fraction of sp³-hybridized carbons (Fsp3) is 0.158. The van der Waals surface area contributed by atoms with E-state index >= 15 is 0 Å². The van der Waals surface area contributed by atoms with Gasteiger partial charge in [-0.05, 0) is 25.5 Å². The zero-order chi connectivity index (χ0) is 18.3. The van der Waals surface area contributed by atoms with Crippen LogP contribution in [0.4, 0.5) is 0 Å². The van der Waals surface area contributed by atoms with Crippen LogP contribution in [-0.2, 0) is 0 Å². The molecule has 0 aliphatic heterocycles. The highest BCUT2D eigenvalue weighted by molar-refractivity contribution is 6.02. The van der Waals surface area contributed by atoms with Crippen LogP contribution in [0.5, 0.6) is 0 Å². The van der Waals surface area contributed by atoms with Gasteiger partial charge in [-0.2, -0.15) is 10.2 Å². The third-order valence-corrected chi connectivity index (χ3v) is 4.30. The maximum atomic E-state index is 11.7. The summed E-state index contributed by atoms with van der Waals surface area (Å²) in [7, 11) is 0. The lowest BCUT2D eigenvalue weighted by atomic mass is 10.0. The quantitative estimate of drug-likeness (QED) is 0.586. The van der Waals surface area contributed by atoms with Crippen LogP contribution in [-0.4, -0.2) is 36.0 Å². The third-order valence-electron chi connectivity index (χ3n) is 4.30. The minimum Gasteiger partial charge on any atom is -0.478 e. The highest BCUT2D eigenvalue weighted by Crippen LogP contribution is 2.28. The predicted octanol–water partition coefficient (Wildman–Crippen LogP) is 3.77. The van der Waals surface area contributed by atoms with Gasteiger partial charge in [0.05, 0.1) is 29.0 Å². The molecule has 0 aliphatic carbocycles. The predicted molar refractivity (Wildman–Crippen MR) is 97.9 cm³/mol. The highest BCUT2D eigenvalue weighted by atomic mass is 16.4. The summed E-state index contributed by atoms with van der Waals surface area (Å²) in [5.41, 5.74) is 4.25. The molecule has 4 rings (SSSR count). The number of benzene rings is 1. The Kier molecular flexibility index (Phi) is 3.76. The molecule has 0 atom stereocenters. The van der Waals surface area contributed by atoms with Crippen LogP contribution in [0.3, 0.4) is 0 Å². The molecule has 0 unspecified atom stereocenters. The van der Waals surface area contributed by atoms with Gasteiger partial charge in [0, 0.05) is 23.4 Å². The molecule has 0 aliphatic rings. The average Bonchev–Trinajstić information content (AvgIpc) is 3.30. The van der Waals surface area contributed by atoms with E-state index < -0.39 is 5.97 Å². The number of fused-ring (bicyclic) bond motifs is 1. The van der Waals surface area contributed by atoms with Crippen molar-refractivity contribution in [3.63, 3.8) is 0 Å². The van der Waals surface area contributed by atoms with Crippen molar-refractivity contribution < 1.29 is 9.90 Å². The van der Waals surface area contributed by atoms with E-state index in [-0.39, 0.29) is 11.6 Å². The number of pyridine rings is 1. The Morgan fingerprint density at radius 1 is 1.12 bits per heavy atom. The van der Waals surface area contributed by atoms with Gasteiger partial charge in [0.15, 0.2) is 5.65 Å². The van der Waals surface area contributed by atoms with E-state index in [0.717, 1.165) is 16.7 Å². The van der Waals surface area contributed by atoms with Crippen LogP contribution in [0.2, 0.25) is 0 Å². The summed E-state index contributed by atoms with van der Waals surface area (Å²) in [5.74, 6) is -0.989. The van der Waals surface area contributed by atoms with Gasteiger partial charge in [-0.15, -0.1) is 0 Å². The standard InChI is InChI=1S/C19H17N5O2/c1-11(2)24-18-16(10-22-24)15(19(25)26)7-17(23-18)13-5-3-12(4-6-13)14-8-20-21-9-14/h3-11H,1-2H3,(H,20,21)(H,25,26). The zero-order valence-corrected chi connectivity index (χ0v) is 14.3. The van der Waals surface area contributed by atoms with Crippen LogP contribution in [0.15, 0.2) is 48.9 Å². The molecule has 130 valence electrons. The van der Waals surface area contributed by atoms with E-state index in [0.29, 0.717) is 16.7 Å². The number of aromatic nitrogens is 5. The zero-order valence-electron chi connectivity index (χ0n) is 14.3. The highest BCUT2D eigenvalue weighted by Gasteiger charge is 2.17. The molecule has 7 nitrogen and oxygen atoms in total. The fourth-order valence-electron chi connectivity index (χ4n) is 2.96. The molecule has 3 aromatic heterocycles. The lowest BCUT2D eigenvalue weighted by Crippen LogP contribution is -2.05. The molecule has 26 heavy (non-hydrogen) atoms. The SMILES string of the molecule is CC(C)n1ncc2c(C(=O)O)cc(-c3ccc(-c4cn[nH]c4)cc3)nc21. The Morgan fingerprint density at radius 2 is 1.85 bits per heavy atom. The Labute approximate surface area is 149 Å². The van der Waals surface area contributed by atoms with Gasteiger partial charge in [0.2, 0.25) is 0 Å². The number of carboxylic acid groups (broad SMARTS) is 1. The number of rotatable bonds is 4. The summed E-state index contributed by atoms with van der Waals surface area (Å²) in [6.07, 6.45) is 5.14. The van der Waals surface area contributed by atoms with Crippen molar-refractivity contribution >= 4 is 17.0 Å². The molecule has 7 heteroatoms. The number of hydrogen-bond acceptors (Lipinski definition) is 4. The van der Waals surface area contributed by atoms with Crippen molar-refractivity contribution in [2.75, 3.05) is 0 Å². The van der Waals surface area contributed by atoms with Crippen molar-refractivity contribution in [1.82, 2.24) is 25.0 Å². The maximum Gasteiger partial charge on any atom is 0.336 e. The Morgan fingerprint density at radius 3 is 2.46 bits per heavy atom. The van der Waals surface area contributed by atoms with Crippen LogP contribution in [0.1, 0.15) is 30.2 Å². The molecular weight excluding hydrogens is 330 g/mol. The summed E-state index contributed by atoms with van der Waals surface area (Å²) >= 11 is 0. The molecular formula is C19H17N5O2. The molecule has 4 aromatic rings. The van der Waals surface area contributed by atoms with Gasteiger partial charge >= 0.3 is 5.97 Å². The van der Waals surface area contributed by atoms with Crippen molar-refractivity contribution in [2.45, 2.75) is 19.9 Å². The summed E-state index contributed by atoms with van der Waals surface area (Å²) in [6, 6.07) is 9.47. The lowest BCUT2D eigenvalue weighted by molar-refractivity contribution is 0.0699. The number of H-pyrrole nitrogens is 1. The Bertz CT molecular complexity index is 1080. The normalized spacial score (nSPS) is 11.3. The van der Waals surface area contributed by atoms with Crippen LogP contribution >= 0.6 is 0 Å². The van der Waals surface area contributed by atoms with E-state index in [9.17, 15) is 9.90 Å². The second-order valence-corrected chi connectivity index (χ2v) is 6.34. The smallest absolute Gasteiger partial charge is 0.336 e. The van der Waals surface area contributed by atoms with Crippen LogP contribution < -0.4 is 0 Å². The van der Waals surface area contributed by atoms with E-state index in [1.165, 1.54) is 0 Å². The first-order valence-electron chi connectivity index (χ1n) is 8.25. The largest absolute Gasteiger partial charge is 0.478 e. The van der Waals surface area contributed by atoms with Gasteiger partial charge in [-0.3, -0.25) is 5.10 Å². The van der Waals surface area contributed by atoms with E-state index in [1.807, 2.05) is 44.3 Å². The summed E-state index contributed by atoms with van der Waals surface area (Å²) in [5, 5.41) is 21.2. The number of hydrogen-bond donors (Lipinski definition) is 2. The number of carbonyl (C=O) groups is 1. The van der Waals surface area contributed by atoms with E-state index in [2.05, 4.69) is 20.3 Å². The van der Waals surface area contributed by atoms with Gasteiger partial charge in [0.25, 0.3) is 0 Å². The van der Waals surface area contributed by atoms with Gasteiger partial charge in [0.1, 0.15) is 0 Å². The first-order chi connectivity index (χ1) is 12.5. The van der Waals surface area contributed by atoms with Crippen molar-refractivity contribution in [1.29, 1.82) is 0 Å². The molecule has 0 saturated carbocycles. The number of nitrogens with one attached hydrogen (secondary N) is 1. The molecule has 0 bridgehead atoms. The van der Waals surface area contributed by atoms with Crippen molar-refractivity contribution in [3.05, 3.63) is 54.5 Å². The molecule has 2 N–H and O–H groups in total. The molecule has 0 amide bonds. The summed E-state index contributed by atoms with van der Waals surface area (Å²) in [4.78, 5) is 16.4. The number of nitrogens with zero attached hydrogens (tertiary/aromatic N) is 4. The van der Waals surface area contributed by atoms with E-state index in [1.54, 1.807) is 23.1 Å². The average molecular weight is 347 g/mol. The summed E-state index contributed by atoms with van der Waals surface area (Å²) in [6.45, 7) is 3.97. The molecule has 0 saturated heterocycles. The topological polar surface area (TPSA) is 96.7 Å². The minimum absolute atomic E-state index is 0.0837. The minimum atomic E-state index is -0.989. The van der Waals surface area contributed by atoms with Crippen molar-refractivity contribution in [3.8, 4) is 22.4 Å². The fourth-order valence-corrected chi connectivity index (χ4v) is 2.96. The first kappa shape index (κ1) is 16.0. The number of carboxylic acids is 1. The summed E-state index contributed by atoms with van der Waals surface area (Å²) < 4.78 is 1.74. The Balaban J connectivity index is 1.85. The maximum absolute atomic E-state index is 11.7. The molecule has 3 heterocycles. The second kappa shape index (κ2) is 6.11.